The van der Waals surface area contributed by atoms with Gasteiger partial charge in [0.1, 0.15) is 5.75 Å². The van der Waals surface area contributed by atoms with Crippen LogP contribution in [0.1, 0.15) is 28.2 Å². The summed E-state index contributed by atoms with van der Waals surface area (Å²) in [6.07, 6.45) is 0.221. The molecule has 2 rings (SSSR count). The number of benzene rings is 1. The van der Waals surface area contributed by atoms with E-state index >= 15 is 0 Å². The van der Waals surface area contributed by atoms with Gasteiger partial charge in [0.25, 0.3) is 5.91 Å². The predicted molar refractivity (Wildman–Crippen MR) is 105 cm³/mol. The number of halogens is 1. The summed E-state index contributed by atoms with van der Waals surface area (Å²) in [6, 6.07) is 8.89. The number of carbonyl (C=O) groups excluding carboxylic acids is 2. The molecule has 28 heavy (non-hydrogen) atoms. The minimum Gasteiger partial charge on any atom is -0.495 e. The third-order valence-corrected chi connectivity index (χ3v) is 4.58. The van der Waals surface area contributed by atoms with Gasteiger partial charge in [-0.2, -0.15) is 5.26 Å². The molecule has 0 saturated heterocycles. The zero-order chi connectivity index (χ0) is 20.8. The second-order valence-corrected chi connectivity index (χ2v) is 6.67. The van der Waals surface area contributed by atoms with Gasteiger partial charge in [-0.3, -0.25) is 4.79 Å². The van der Waals surface area contributed by atoms with Crippen LogP contribution in [0.3, 0.4) is 0 Å². The summed E-state index contributed by atoms with van der Waals surface area (Å²) in [5.41, 5.74) is 2.50. The minimum atomic E-state index is -0.595. The van der Waals surface area contributed by atoms with Crippen molar-refractivity contribution < 1.29 is 19.1 Å². The number of hydrogen-bond donors (Lipinski definition) is 0. The van der Waals surface area contributed by atoms with Gasteiger partial charge >= 0.3 is 5.97 Å². The molecule has 1 aromatic carbocycles. The topological polar surface area (TPSA) is 84.6 Å². The second kappa shape index (κ2) is 9.29. The molecule has 0 fully saturated rings. The smallest absolute Gasteiger partial charge is 0.340 e. The highest BCUT2D eigenvalue weighted by Crippen LogP contribution is 2.30. The molecule has 0 spiro atoms. The standard InChI is InChI=1S/C20H22ClN3O4/c1-13-10-16(20(26)28-12-19(25)23(3)9-5-8-22)14(2)24(13)17-11-15(21)6-7-18(17)27-4/h6-7,10-11H,5,9,12H2,1-4H3. The highest BCUT2D eigenvalue weighted by molar-refractivity contribution is 6.30. The fraction of sp³-hybridized carbons (Fsp3) is 0.350. The molecule has 0 aliphatic carbocycles. The first-order chi connectivity index (χ1) is 13.3. The van der Waals surface area contributed by atoms with Gasteiger partial charge in [0.15, 0.2) is 6.61 Å². The SMILES string of the molecule is COc1ccc(Cl)cc1-n1c(C)cc(C(=O)OCC(=O)N(C)CCC#N)c1C. The van der Waals surface area contributed by atoms with Crippen LogP contribution < -0.4 is 4.74 Å². The molecule has 0 atom stereocenters. The van der Waals surface area contributed by atoms with Gasteiger partial charge in [-0.15, -0.1) is 0 Å². The van der Waals surface area contributed by atoms with Crippen molar-refractivity contribution in [3.63, 3.8) is 0 Å². The Labute approximate surface area is 169 Å². The van der Waals surface area contributed by atoms with Gasteiger partial charge in [0.2, 0.25) is 0 Å². The monoisotopic (exact) mass is 403 g/mol. The minimum absolute atomic E-state index is 0.221. The fourth-order valence-electron chi connectivity index (χ4n) is 2.84. The number of methoxy groups -OCH3 is 1. The molecule has 0 aliphatic rings. The molecule has 0 N–H and O–H groups in total. The van der Waals surface area contributed by atoms with Crippen molar-refractivity contribution in [1.82, 2.24) is 9.47 Å². The Bertz CT molecular complexity index is 930. The number of aromatic nitrogens is 1. The molecule has 148 valence electrons. The zero-order valence-electron chi connectivity index (χ0n) is 16.3. The van der Waals surface area contributed by atoms with Crippen LogP contribution in [-0.2, 0) is 9.53 Å². The summed E-state index contributed by atoms with van der Waals surface area (Å²) in [4.78, 5) is 25.9. The predicted octanol–water partition coefficient (Wildman–Crippen LogP) is 3.29. The summed E-state index contributed by atoms with van der Waals surface area (Å²) in [7, 11) is 3.12. The molecule has 0 saturated carbocycles. The van der Waals surface area contributed by atoms with Crippen LogP contribution in [-0.4, -0.2) is 48.7 Å². The van der Waals surface area contributed by atoms with Crippen molar-refractivity contribution in [3.8, 4) is 17.5 Å². The van der Waals surface area contributed by atoms with E-state index in [1.807, 2.05) is 17.6 Å². The highest BCUT2D eigenvalue weighted by atomic mass is 35.5. The number of rotatable bonds is 7. The van der Waals surface area contributed by atoms with E-state index in [2.05, 4.69) is 0 Å². The number of nitriles is 1. The Kier molecular flexibility index (Phi) is 7.07. The van der Waals surface area contributed by atoms with Crippen LogP contribution in [0.4, 0.5) is 0 Å². The molecule has 1 amide bonds. The lowest BCUT2D eigenvalue weighted by molar-refractivity contribution is -0.133. The van der Waals surface area contributed by atoms with E-state index in [0.717, 1.165) is 5.69 Å². The Morgan fingerprint density at radius 3 is 2.64 bits per heavy atom. The van der Waals surface area contributed by atoms with Gasteiger partial charge in [-0.25, -0.2) is 4.79 Å². The van der Waals surface area contributed by atoms with Crippen LogP contribution in [0, 0.1) is 25.2 Å². The van der Waals surface area contributed by atoms with Crippen LogP contribution in [0.15, 0.2) is 24.3 Å². The second-order valence-electron chi connectivity index (χ2n) is 6.24. The maximum Gasteiger partial charge on any atom is 0.340 e. The largest absolute Gasteiger partial charge is 0.495 e. The molecule has 7 nitrogen and oxygen atoms in total. The summed E-state index contributed by atoms with van der Waals surface area (Å²) in [5.74, 6) is -0.350. The van der Waals surface area contributed by atoms with Crippen LogP contribution in [0.25, 0.3) is 5.69 Å². The Morgan fingerprint density at radius 1 is 1.29 bits per heavy atom. The van der Waals surface area contributed by atoms with Gasteiger partial charge in [-0.1, -0.05) is 11.6 Å². The van der Waals surface area contributed by atoms with Crippen molar-refractivity contribution in [2.45, 2.75) is 20.3 Å². The number of carbonyl (C=O) groups is 2. The van der Waals surface area contributed by atoms with Crippen molar-refractivity contribution in [2.24, 2.45) is 0 Å². The van der Waals surface area contributed by atoms with E-state index in [0.29, 0.717) is 27.7 Å². The lowest BCUT2D eigenvalue weighted by Gasteiger charge is -2.15. The molecule has 1 heterocycles. The lowest BCUT2D eigenvalue weighted by atomic mass is 10.2. The van der Waals surface area contributed by atoms with Crippen LogP contribution in [0.2, 0.25) is 5.02 Å². The average Bonchev–Trinajstić information content (AvgIpc) is 2.97. The van der Waals surface area contributed by atoms with E-state index in [-0.39, 0.29) is 25.5 Å². The maximum absolute atomic E-state index is 12.5. The number of amides is 1. The number of nitrogens with zero attached hydrogens (tertiary/aromatic N) is 3. The highest BCUT2D eigenvalue weighted by Gasteiger charge is 2.21. The van der Waals surface area contributed by atoms with Crippen molar-refractivity contribution in [1.29, 1.82) is 5.26 Å². The van der Waals surface area contributed by atoms with Crippen molar-refractivity contribution >= 4 is 23.5 Å². The Balaban J connectivity index is 2.22. The summed E-state index contributed by atoms with van der Waals surface area (Å²) >= 11 is 6.13. The van der Waals surface area contributed by atoms with Gasteiger partial charge in [0, 0.05) is 30.0 Å². The van der Waals surface area contributed by atoms with Gasteiger partial charge in [0.05, 0.1) is 30.9 Å². The molecule has 0 bridgehead atoms. The fourth-order valence-corrected chi connectivity index (χ4v) is 3.00. The summed E-state index contributed by atoms with van der Waals surface area (Å²) < 4.78 is 12.4. The number of hydrogen-bond acceptors (Lipinski definition) is 5. The first kappa shape index (κ1) is 21.3. The van der Waals surface area contributed by atoms with E-state index in [4.69, 9.17) is 26.3 Å². The third-order valence-electron chi connectivity index (χ3n) is 4.34. The molecule has 8 heteroatoms. The first-order valence-corrected chi connectivity index (χ1v) is 8.98. The molecule has 0 radical (unpaired) electrons. The van der Waals surface area contributed by atoms with Gasteiger partial charge in [-0.05, 0) is 38.1 Å². The van der Waals surface area contributed by atoms with E-state index in [9.17, 15) is 9.59 Å². The van der Waals surface area contributed by atoms with Crippen molar-refractivity contribution in [3.05, 3.63) is 46.2 Å². The van der Waals surface area contributed by atoms with E-state index < -0.39 is 5.97 Å². The molecular formula is C20H22ClN3O4. The Hall–Kier alpha value is -2.98. The molecular weight excluding hydrogens is 382 g/mol. The first-order valence-electron chi connectivity index (χ1n) is 8.61. The third kappa shape index (κ3) is 4.65. The number of aryl methyl sites for hydroxylation is 1. The molecule has 0 unspecified atom stereocenters. The average molecular weight is 404 g/mol. The van der Waals surface area contributed by atoms with Gasteiger partial charge < -0.3 is 18.9 Å². The summed E-state index contributed by atoms with van der Waals surface area (Å²) in [6.45, 7) is 3.54. The summed E-state index contributed by atoms with van der Waals surface area (Å²) in [5, 5.41) is 9.12. The van der Waals surface area contributed by atoms with E-state index in [1.165, 1.54) is 4.90 Å². The maximum atomic E-state index is 12.5. The molecule has 2 aromatic rings. The lowest BCUT2D eigenvalue weighted by Crippen LogP contribution is -2.32. The number of likely N-dealkylation sites (N-methyl/N-ethyl adjacent to an activating group) is 1. The van der Waals surface area contributed by atoms with Crippen molar-refractivity contribution in [2.75, 3.05) is 27.3 Å². The number of esters is 1. The zero-order valence-corrected chi connectivity index (χ0v) is 17.0. The molecule has 1 aromatic heterocycles. The molecule has 0 aliphatic heterocycles. The van der Waals surface area contributed by atoms with E-state index in [1.54, 1.807) is 45.3 Å². The normalized spacial score (nSPS) is 10.3. The quantitative estimate of drug-likeness (QED) is 0.662. The van der Waals surface area contributed by atoms with Crippen LogP contribution in [0.5, 0.6) is 5.75 Å². The Morgan fingerprint density at radius 2 is 2.00 bits per heavy atom. The van der Waals surface area contributed by atoms with Crippen LogP contribution >= 0.6 is 11.6 Å². The number of ether oxygens (including phenoxy) is 2.